The lowest BCUT2D eigenvalue weighted by Crippen LogP contribution is -2.38. The second-order valence-corrected chi connectivity index (χ2v) is 5.60. The SMILES string of the molecule is O=C1C[C@@H](C(=O)NCc2ccccn2)n2c(nc3ccccc32)N1. The molecule has 1 aromatic carbocycles. The first-order chi connectivity index (χ1) is 11.7. The summed E-state index contributed by atoms with van der Waals surface area (Å²) in [6, 6.07) is 12.4. The van der Waals surface area contributed by atoms with Crippen molar-refractivity contribution in [3.05, 3.63) is 54.4 Å². The summed E-state index contributed by atoms with van der Waals surface area (Å²) < 4.78 is 1.78. The molecule has 0 radical (unpaired) electrons. The summed E-state index contributed by atoms with van der Waals surface area (Å²) >= 11 is 0. The molecule has 0 unspecified atom stereocenters. The van der Waals surface area contributed by atoms with Gasteiger partial charge in [0.15, 0.2) is 0 Å². The summed E-state index contributed by atoms with van der Waals surface area (Å²) in [5, 5.41) is 5.58. The van der Waals surface area contributed by atoms with Gasteiger partial charge in [0.2, 0.25) is 17.8 Å². The van der Waals surface area contributed by atoms with E-state index < -0.39 is 6.04 Å². The third-order valence-corrected chi connectivity index (χ3v) is 4.01. The number of para-hydroxylation sites is 2. The molecule has 2 aromatic heterocycles. The summed E-state index contributed by atoms with van der Waals surface area (Å²) in [6.45, 7) is 0.319. The number of hydrogen-bond acceptors (Lipinski definition) is 4. The van der Waals surface area contributed by atoms with Crippen LogP contribution < -0.4 is 10.6 Å². The Labute approximate surface area is 137 Å². The van der Waals surface area contributed by atoms with Crippen LogP contribution in [0.3, 0.4) is 0 Å². The van der Waals surface area contributed by atoms with E-state index in [0.717, 1.165) is 16.7 Å². The van der Waals surface area contributed by atoms with E-state index >= 15 is 0 Å². The number of carbonyl (C=O) groups excluding carboxylic acids is 2. The van der Waals surface area contributed by atoms with Gasteiger partial charge in [-0.15, -0.1) is 0 Å². The fraction of sp³-hybridized carbons (Fsp3) is 0.176. The maximum Gasteiger partial charge on any atom is 0.244 e. The Morgan fingerprint density at radius 2 is 2.08 bits per heavy atom. The van der Waals surface area contributed by atoms with Gasteiger partial charge in [-0.1, -0.05) is 18.2 Å². The van der Waals surface area contributed by atoms with Gasteiger partial charge in [0.05, 0.1) is 29.7 Å². The van der Waals surface area contributed by atoms with Gasteiger partial charge in [-0.05, 0) is 24.3 Å². The summed E-state index contributed by atoms with van der Waals surface area (Å²) in [5.41, 5.74) is 2.34. The Morgan fingerprint density at radius 3 is 2.92 bits per heavy atom. The third kappa shape index (κ3) is 2.50. The molecule has 3 aromatic rings. The van der Waals surface area contributed by atoms with Crippen molar-refractivity contribution in [1.82, 2.24) is 19.9 Å². The molecule has 3 heterocycles. The van der Waals surface area contributed by atoms with Gasteiger partial charge in [0, 0.05) is 6.20 Å². The molecule has 1 atom stereocenters. The average Bonchev–Trinajstić information content (AvgIpc) is 2.98. The molecule has 0 saturated carbocycles. The molecule has 24 heavy (non-hydrogen) atoms. The Balaban J connectivity index is 1.64. The van der Waals surface area contributed by atoms with Crippen molar-refractivity contribution in [2.45, 2.75) is 19.0 Å². The molecule has 0 aliphatic carbocycles. The van der Waals surface area contributed by atoms with Crippen molar-refractivity contribution in [2.75, 3.05) is 5.32 Å². The maximum absolute atomic E-state index is 12.7. The van der Waals surface area contributed by atoms with Crippen molar-refractivity contribution in [3.8, 4) is 0 Å². The highest BCUT2D eigenvalue weighted by Gasteiger charge is 2.32. The summed E-state index contributed by atoms with van der Waals surface area (Å²) in [7, 11) is 0. The van der Waals surface area contributed by atoms with Crippen LogP contribution in [0.4, 0.5) is 5.95 Å². The smallest absolute Gasteiger partial charge is 0.244 e. The van der Waals surface area contributed by atoms with Crippen LogP contribution in [-0.2, 0) is 16.1 Å². The number of nitrogens with zero attached hydrogens (tertiary/aromatic N) is 3. The van der Waals surface area contributed by atoms with Crippen LogP contribution in [0.25, 0.3) is 11.0 Å². The van der Waals surface area contributed by atoms with Crippen LogP contribution in [0.2, 0.25) is 0 Å². The molecule has 7 heteroatoms. The number of aromatic nitrogens is 3. The first-order valence-electron chi connectivity index (χ1n) is 7.67. The lowest BCUT2D eigenvalue weighted by atomic mass is 10.1. The standard InChI is InChI=1S/C17H15N5O2/c23-15-9-14(16(24)19-10-11-5-3-4-8-18-11)22-13-7-2-1-6-12(13)20-17(22)21-15/h1-8,14H,9-10H2,(H,19,24)(H,20,21,23)/t14-/m0/s1. The number of pyridine rings is 1. The Kier molecular flexibility index (Phi) is 3.45. The molecule has 0 spiro atoms. The quantitative estimate of drug-likeness (QED) is 0.767. The Morgan fingerprint density at radius 1 is 1.25 bits per heavy atom. The van der Waals surface area contributed by atoms with Gasteiger partial charge in [0.25, 0.3) is 0 Å². The fourth-order valence-electron chi connectivity index (χ4n) is 2.90. The Bertz CT molecular complexity index is 919. The largest absolute Gasteiger partial charge is 0.349 e. The summed E-state index contributed by atoms with van der Waals surface area (Å²) in [5.74, 6) is -0.0267. The van der Waals surface area contributed by atoms with E-state index in [1.54, 1.807) is 10.8 Å². The predicted octanol–water partition coefficient (Wildman–Crippen LogP) is 1.63. The number of carbonyl (C=O) groups is 2. The van der Waals surface area contributed by atoms with Crippen molar-refractivity contribution < 1.29 is 9.59 Å². The highest BCUT2D eigenvalue weighted by Crippen LogP contribution is 2.30. The molecule has 2 amide bonds. The number of benzene rings is 1. The number of imidazole rings is 1. The number of anilines is 1. The van der Waals surface area contributed by atoms with E-state index in [2.05, 4.69) is 20.6 Å². The van der Waals surface area contributed by atoms with Crippen LogP contribution in [0, 0.1) is 0 Å². The van der Waals surface area contributed by atoms with Crippen LogP contribution in [0.15, 0.2) is 48.7 Å². The van der Waals surface area contributed by atoms with Crippen LogP contribution in [-0.4, -0.2) is 26.3 Å². The molecule has 120 valence electrons. The number of amides is 2. The minimum atomic E-state index is -0.620. The van der Waals surface area contributed by atoms with E-state index in [-0.39, 0.29) is 18.2 Å². The van der Waals surface area contributed by atoms with Crippen molar-refractivity contribution in [1.29, 1.82) is 0 Å². The highest BCUT2D eigenvalue weighted by molar-refractivity contribution is 5.99. The summed E-state index contributed by atoms with van der Waals surface area (Å²) in [4.78, 5) is 33.2. The average molecular weight is 321 g/mol. The minimum Gasteiger partial charge on any atom is -0.349 e. The van der Waals surface area contributed by atoms with Crippen LogP contribution in [0.1, 0.15) is 18.2 Å². The van der Waals surface area contributed by atoms with E-state index in [1.807, 2.05) is 42.5 Å². The second-order valence-electron chi connectivity index (χ2n) is 5.60. The molecular formula is C17H15N5O2. The first-order valence-corrected chi connectivity index (χ1v) is 7.67. The van der Waals surface area contributed by atoms with Gasteiger partial charge in [-0.25, -0.2) is 4.98 Å². The molecule has 0 saturated heterocycles. The highest BCUT2D eigenvalue weighted by atomic mass is 16.2. The number of fused-ring (bicyclic) bond motifs is 3. The van der Waals surface area contributed by atoms with Crippen molar-refractivity contribution in [2.24, 2.45) is 0 Å². The van der Waals surface area contributed by atoms with Gasteiger partial charge < -0.3 is 5.32 Å². The monoisotopic (exact) mass is 321 g/mol. The van der Waals surface area contributed by atoms with Crippen LogP contribution >= 0.6 is 0 Å². The zero-order chi connectivity index (χ0) is 16.5. The molecule has 1 aliphatic rings. The second kappa shape index (κ2) is 5.77. The van der Waals surface area contributed by atoms with Crippen molar-refractivity contribution in [3.63, 3.8) is 0 Å². The van der Waals surface area contributed by atoms with Gasteiger partial charge in [0.1, 0.15) is 6.04 Å². The number of hydrogen-bond donors (Lipinski definition) is 2. The first kappa shape index (κ1) is 14.4. The minimum absolute atomic E-state index is 0.0847. The lowest BCUT2D eigenvalue weighted by molar-refractivity contribution is -0.128. The van der Waals surface area contributed by atoms with E-state index in [1.165, 1.54) is 0 Å². The Hall–Kier alpha value is -3.22. The van der Waals surface area contributed by atoms with Gasteiger partial charge in [-0.3, -0.25) is 24.5 Å². The van der Waals surface area contributed by atoms with Crippen molar-refractivity contribution >= 4 is 28.8 Å². The number of rotatable bonds is 3. The molecule has 0 fully saturated rings. The van der Waals surface area contributed by atoms with Gasteiger partial charge >= 0.3 is 0 Å². The molecule has 1 aliphatic heterocycles. The van der Waals surface area contributed by atoms with E-state index in [9.17, 15) is 9.59 Å². The maximum atomic E-state index is 12.7. The lowest BCUT2D eigenvalue weighted by Gasteiger charge is -2.24. The van der Waals surface area contributed by atoms with Crippen LogP contribution in [0.5, 0.6) is 0 Å². The topological polar surface area (TPSA) is 88.9 Å². The molecule has 0 bridgehead atoms. The normalized spacial score (nSPS) is 16.5. The zero-order valence-corrected chi connectivity index (χ0v) is 12.8. The zero-order valence-electron chi connectivity index (χ0n) is 12.8. The van der Waals surface area contributed by atoms with E-state index in [4.69, 9.17) is 0 Å². The molecule has 4 rings (SSSR count). The number of nitrogens with one attached hydrogen (secondary N) is 2. The third-order valence-electron chi connectivity index (χ3n) is 4.01. The predicted molar refractivity (Wildman–Crippen MR) is 88.1 cm³/mol. The van der Waals surface area contributed by atoms with Gasteiger partial charge in [-0.2, -0.15) is 0 Å². The fourth-order valence-corrected chi connectivity index (χ4v) is 2.90. The molecule has 7 nitrogen and oxygen atoms in total. The molecule has 2 N–H and O–H groups in total. The molecular weight excluding hydrogens is 306 g/mol. The summed E-state index contributed by atoms with van der Waals surface area (Å²) in [6.07, 6.45) is 1.76. The van der Waals surface area contributed by atoms with E-state index in [0.29, 0.717) is 12.5 Å².